The molecule has 1 heterocycles. The van der Waals surface area contributed by atoms with Crippen molar-refractivity contribution in [3.05, 3.63) is 64.7 Å². The molecule has 0 radical (unpaired) electrons. The number of allylic oxidation sites excluding steroid dienone is 2. The van der Waals surface area contributed by atoms with Crippen molar-refractivity contribution in [2.75, 3.05) is 13.7 Å². The number of methoxy groups -OCH3 is 1. The summed E-state index contributed by atoms with van der Waals surface area (Å²) in [5.74, 6) is 0.767. The lowest BCUT2D eigenvalue weighted by atomic mass is 9.87. The van der Waals surface area contributed by atoms with Gasteiger partial charge in [0.1, 0.15) is 12.0 Å². The normalized spacial score (nSPS) is 21.6. The molecule has 0 aromatic heterocycles. The molecule has 1 aliphatic rings. The molecule has 0 bridgehead atoms. The summed E-state index contributed by atoms with van der Waals surface area (Å²) in [7, 11) is 1.62. The molecule has 1 saturated heterocycles. The van der Waals surface area contributed by atoms with Crippen LogP contribution in [0.5, 0.6) is 5.75 Å². The van der Waals surface area contributed by atoms with E-state index in [1.807, 2.05) is 18.2 Å². The van der Waals surface area contributed by atoms with Crippen LogP contribution in [0.25, 0.3) is 0 Å². The van der Waals surface area contributed by atoms with E-state index in [1.165, 1.54) is 0 Å². The molecule has 3 nitrogen and oxygen atoms in total. The Kier molecular flexibility index (Phi) is 7.30. The lowest BCUT2D eigenvalue weighted by Crippen LogP contribution is -2.43. The van der Waals surface area contributed by atoms with E-state index < -0.39 is 0 Å². The van der Waals surface area contributed by atoms with Crippen molar-refractivity contribution >= 4 is 29.5 Å². The number of halogens is 2. The third kappa shape index (κ3) is 4.75. The van der Waals surface area contributed by atoms with Gasteiger partial charge in [-0.1, -0.05) is 54.6 Å². The first-order valence-corrected chi connectivity index (χ1v) is 8.95. The SMILES string of the molecule is C=C/C=C(\C=C)C1CC(C=O)CCN1Cc1cc(Cl)c(Cl)cc1OC. The number of rotatable bonds is 7. The zero-order valence-electron chi connectivity index (χ0n) is 14.4. The molecule has 0 aliphatic carbocycles. The van der Waals surface area contributed by atoms with Crippen molar-refractivity contribution in [3.8, 4) is 5.75 Å². The van der Waals surface area contributed by atoms with Crippen molar-refractivity contribution < 1.29 is 9.53 Å². The molecule has 25 heavy (non-hydrogen) atoms. The fraction of sp³-hybridized carbons (Fsp3) is 0.350. The van der Waals surface area contributed by atoms with Crippen LogP contribution in [0.4, 0.5) is 0 Å². The highest BCUT2D eigenvalue weighted by atomic mass is 35.5. The minimum Gasteiger partial charge on any atom is -0.496 e. The number of carbonyl (C=O) groups excluding carboxylic acids is 1. The smallest absolute Gasteiger partial charge is 0.124 e. The van der Waals surface area contributed by atoms with Crippen LogP contribution in [0.15, 0.2) is 49.1 Å². The van der Waals surface area contributed by atoms with E-state index in [9.17, 15) is 4.79 Å². The molecule has 0 amide bonds. The van der Waals surface area contributed by atoms with Gasteiger partial charge < -0.3 is 9.53 Å². The highest BCUT2D eigenvalue weighted by molar-refractivity contribution is 6.42. The first-order chi connectivity index (χ1) is 12.0. The number of likely N-dealkylation sites (tertiary alicyclic amines) is 1. The van der Waals surface area contributed by atoms with E-state index in [0.717, 1.165) is 36.8 Å². The van der Waals surface area contributed by atoms with E-state index in [1.54, 1.807) is 19.3 Å². The number of aldehydes is 1. The quantitative estimate of drug-likeness (QED) is 0.488. The maximum absolute atomic E-state index is 11.3. The van der Waals surface area contributed by atoms with Crippen LogP contribution in [0, 0.1) is 5.92 Å². The summed E-state index contributed by atoms with van der Waals surface area (Å²) >= 11 is 12.3. The van der Waals surface area contributed by atoms with Crippen molar-refractivity contribution in [3.63, 3.8) is 0 Å². The molecule has 0 saturated carbocycles. The Labute approximate surface area is 159 Å². The molecule has 134 valence electrons. The number of nitrogens with zero attached hydrogens (tertiary/aromatic N) is 1. The maximum atomic E-state index is 11.3. The van der Waals surface area contributed by atoms with Crippen molar-refractivity contribution in [1.29, 1.82) is 0 Å². The highest BCUT2D eigenvalue weighted by Gasteiger charge is 2.30. The summed E-state index contributed by atoms with van der Waals surface area (Å²) in [6.07, 6.45) is 8.18. The minimum atomic E-state index is 0.0603. The summed E-state index contributed by atoms with van der Waals surface area (Å²) in [5.41, 5.74) is 2.02. The van der Waals surface area contributed by atoms with Crippen molar-refractivity contribution in [2.24, 2.45) is 5.92 Å². The van der Waals surface area contributed by atoms with Gasteiger partial charge in [0, 0.05) is 30.1 Å². The number of hydrogen-bond donors (Lipinski definition) is 0. The largest absolute Gasteiger partial charge is 0.496 e. The lowest BCUT2D eigenvalue weighted by molar-refractivity contribution is -0.112. The first-order valence-electron chi connectivity index (χ1n) is 8.20. The zero-order valence-corrected chi connectivity index (χ0v) is 15.9. The number of hydrogen-bond acceptors (Lipinski definition) is 3. The van der Waals surface area contributed by atoms with Gasteiger partial charge in [-0.05, 0) is 31.0 Å². The maximum Gasteiger partial charge on any atom is 0.124 e. The molecule has 1 aromatic carbocycles. The predicted octanol–water partition coefficient (Wildman–Crippen LogP) is 5.08. The second-order valence-corrected chi connectivity index (χ2v) is 6.91. The molecule has 0 N–H and O–H groups in total. The second kappa shape index (κ2) is 9.23. The monoisotopic (exact) mass is 379 g/mol. The van der Waals surface area contributed by atoms with E-state index >= 15 is 0 Å². The molecule has 2 atom stereocenters. The molecule has 1 aromatic rings. The van der Waals surface area contributed by atoms with Crippen molar-refractivity contribution in [2.45, 2.75) is 25.4 Å². The van der Waals surface area contributed by atoms with Crippen LogP contribution < -0.4 is 4.74 Å². The van der Waals surface area contributed by atoms with Crippen LogP contribution in [0.3, 0.4) is 0 Å². The topological polar surface area (TPSA) is 29.5 Å². The van der Waals surface area contributed by atoms with E-state index in [4.69, 9.17) is 27.9 Å². The molecule has 2 unspecified atom stereocenters. The van der Waals surface area contributed by atoms with Crippen LogP contribution >= 0.6 is 23.2 Å². The third-order valence-electron chi connectivity index (χ3n) is 4.57. The van der Waals surface area contributed by atoms with Crippen LogP contribution in [-0.2, 0) is 11.3 Å². The van der Waals surface area contributed by atoms with Gasteiger partial charge in [-0.2, -0.15) is 0 Å². The van der Waals surface area contributed by atoms with Gasteiger partial charge in [0.2, 0.25) is 0 Å². The van der Waals surface area contributed by atoms with E-state index in [-0.39, 0.29) is 12.0 Å². The van der Waals surface area contributed by atoms with Crippen LogP contribution in [0.2, 0.25) is 10.0 Å². The summed E-state index contributed by atoms with van der Waals surface area (Å²) in [4.78, 5) is 13.6. The van der Waals surface area contributed by atoms with Gasteiger partial charge in [-0.15, -0.1) is 0 Å². The Morgan fingerprint density at radius 2 is 2.08 bits per heavy atom. The van der Waals surface area contributed by atoms with E-state index in [2.05, 4.69) is 18.1 Å². The molecule has 1 aliphatic heterocycles. The van der Waals surface area contributed by atoms with Gasteiger partial charge >= 0.3 is 0 Å². The standard InChI is InChI=1S/C20H23Cl2NO2/c1-4-6-15(5-2)19-9-14(13-24)7-8-23(19)12-16-10-17(21)18(22)11-20(16)25-3/h4-6,10-11,13-14,19H,1-2,7-9,12H2,3H3/b15-6+. The Balaban J connectivity index is 2.33. The molecule has 0 spiro atoms. The fourth-order valence-electron chi connectivity index (χ4n) is 3.25. The zero-order chi connectivity index (χ0) is 18.4. The molecular weight excluding hydrogens is 357 g/mol. The highest BCUT2D eigenvalue weighted by Crippen LogP contribution is 2.34. The molecule has 1 fully saturated rings. The van der Waals surface area contributed by atoms with Gasteiger partial charge in [-0.3, -0.25) is 4.90 Å². The van der Waals surface area contributed by atoms with Crippen LogP contribution in [0.1, 0.15) is 18.4 Å². The number of benzene rings is 1. The Bertz CT molecular complexity index is 685. The lowest BCUT2D eigenvalue weighted by Gasteiger charge is -2.39. The van der Waals surface area contributed by atoms with Crippen LogP contribution in [-0.4, -0.2) is 30.9 Å². The average Bonchev–Trinajstić information content (AvgIpc) is 2.63. The van der Waals surface area contributed by atoms with Gasteiger partial charge in [-0.25, -0.2) is 0 Å². The second-order valence-electron chi connectivity index (χ2n) is 6.09. The number of piperidine rings is 1. The summed E-state index contributed by atoms with van der Waals surface area (Å²) < 4.78 is 5.46. The third-order valence-corrected chi connectivity index (χ3v) is 5.30. The minimum absolute atomic E-state index is 0.0603. The molecule has 2 rings (SSSR count). The fourth-order valence-corrected chi connectivity index (χ4v) is 3.59. The van der Waals surface area contributed by atoms with Gasteiger partial charge in [0.15, 0.2) is 0 Å². The summed E-state index contributed by atoms with van der Waals surface area (Å²) in [5, 5.41) is 0.971. The number of carbonyl (C=O) groups is 1. The molecular formula is C20H23Cl2NO2. The number of ether oxygens (including phenoxy) is 1. The van der Waals surface area contributed by atoms with Gasteiger partial charge in [0.05, 0.1) is 17.2 Å². The average molecular weight is 380 g/mol. The predicted molar refractivity (Wildman–Crippen MR) is 104 cm³/mol. The summed E-state index contributed by atoms with van der Waals surface area (Å²) in [6.45, 7) is 9.14. The Morgan fingerprint density at radius 1 is 1.36 bits per heavy atom. The Hall–Kier alpha value is -1.55. The first kappa shape index (κ1) is 19.8. The summed E-state index contributed by atoms with van der Waals surface area (Å²) in [6, 6.07) is 3.68. The van der Waals surface area contributed by atoms with Crippen molar-refractivity contribution in [1.82, 2.24) is 4.90 Å². The molecule has 5 heteroatoms. The Morgan fingerprint density at radius 3 is 2.68 bits per heavy atom. The van der Waals surface area contributed by atoms with E-state index in [0.29, 0.717) is 22.3 Å². The van der Waals surface area contributed by atoms with Gasteiger partial charge in [0.25, 0.3) is 0 Å².